The zero-order chi connectivity index (χ0) is 22.8. The van der Waals surface area contributed by atoms with E-state index in [9.17, 15) is 4.79 Å². The number of carbonyl (C=O) groups is 1. The van der Waals surface area contributed by atoms with E-state index in [1.807, 2.05) is 77.7 Å². The van der Waals surface area contributed by atoms with E-state index in [1.54, 1.807) is 14.2 Å². The van der Waals surface area contributed by atoms with E-state index in [-0.39, 0.29) is 11.9 Å². The Labute approximate surface area is 192 Å². The van der Waals surface area contributed by atoms with Gasteiger partial charge < -0.3 is 14.8 Å². The van der Waals surface area contributed by atoms with Gasteiger partial charge in [0.1, 0.15) is 17.2 Å². The summed E-state index contributed by atoms with van der Waals surface area (Å²) >= 11 is 0. The van der Waals surface area contributed by atoms with E-state index in [4.69, 9.17) is 9.47 Å². The Morgan fingerprint density at radius 3 is 2.09 bits per heavy atom. The lowest BCUT2D eigenvalue weighted by molar-refractivity contribution is -0.114. The van der Waals surface area contributed by atoms with Crippen molar-refractivity contribution in [3.63, 3.8) is 0 Å². The average molecular weight is 437 g/mol. The molecule has 4 aromatic carbocycles. The molecule has 1 heterocycles. The third-order valence-corrected chi connectivity index (χ3v) is 5.91. The van der Waals surface area contributed by atoms with Gasteiger partial charge in [-0.1, -0.05) is 42.5 Å². The molecule has 4 aromatic rings. The summed E-state index contributed by atoms with van der Waals surface area (Å²) in [5.74, 6) is 1.42. The first-order chi connectivity index (χ1) is 16.2. The number of hydrogen-bond acceptors (Lipinski definition) is 4. The molecule has 0 bridgehead atoms. The fourth-order valence-corrected chi connectivity index (χ4v) is 4.24. The predicted octanol–water partition coefficient (Wildman–Crippen LogP) is 5.94. The van der Waals surface area contributed by atoms with Crippen LogP contribution in [-0.4, -0.2) is 20.1 Å². The van der Waals surface area contributed by atoms with Crippen molar-refractivity contribution < 1.29 is 14.3 Å². The van der Waals surface area contributed by atoms with Gasteiger partial charge in [-0.2, -0.15) is 0 Å². The summed E-state index contributed by atoms with van der Waals surface area (Å²) in [5.41, 5.74) is 3.24. The summed E-state index contributed by atoms with van der Waals surface area (Å²) in [4.78, 5) is 15.5. The number of nitrogens with one attached hydrogen (secondary N) is 1. The summed E-state index contributed by atoms with van der Waals surface area (Å²) in [5, 5.41) is 5.57. The predicted molar refractivity (Wildman–Crippen MR) is 132 cm³/mol. The van der Waals surface area contributed by atoms with Crippen LogP contribution in [0.3, 0.4) is 0 Å². The van der Waals surface area contributed by atoms with Crippen LogP contribution in [0.1, 0.15) is 11.6 Å². The van der Waals surface area contributed by atoms with E-state index < -0.39 is 0 Å². The van der Waals surface area contributed by atoms with Crippen molar-refractivity contribution in [3.05, 3.63) is 108 Å². The number of methoxy groups -OCH3 is 2. The van der Waals surface area contributed by atoms with Crippen LogP contribution in [0, 0.1) is 0 Å². The summed E-state index contributed by atoms with van der Waals surface area (Å²) in [6.07, 6.45) is 2.00. The molecule has 0 saturated heterocycles. The molecule has 164 valence electrons. The highest BCUT2D eigenvalue weighted by atomic mass is 16.5. The van der Waals surface area contributed by atoms with E-state index >= 15 is 0 Å². The highest BCUT2D eigenvalue weighted by molar-refractivity contribution is 6.11. The quantitative estimate of drug-likeness (QED) is 0.406. The number of carbonyl (C=O) groups excluding carboxylic acids is 1. The van der Waals surface area contributed by atoms with Crippen molar-refractivity contribution in [1.82, 2.24) is 0 Å². The van der Waals surface area contributed by atoms with Gasteiger partial charge in [0.15, 0.2) is 0 Å². The molecule has 5 nitrogen and oxygen atoms in total. The Balaban J connectivity index is 1.58. The number of nitrogens with zero attached hydrogens (tertiary/aromatic N) is 1. The van der Waals surface area contributed by atoms with Crippen LogP contribution in [0.25, 0.3) is 10.8 Å². The zero-order valence-electron chi connectivity index (χ0n) is 18.5. The number of hydrogen-bond donors (Lipinski definition) is 1. The highest BCUT2D eigenvalue weighted by Gasteiger charge is 2.35. The number of amides is 1. The van der Waals surface area contributed by atoms with Gasteiger partial charge in [0, 0.05) is 11.4 Å². The molecule has 1 N–H and O–H groups in total. The van der Waals surface area contributed by atoms with E-state index in [0.29, 0.717) is 5.70 Å². The topological polar surface area (TPSA) is 50.8 Å². The van der Waals surface area contributed by atoms with E-state index in [2.05, 4.69) is 29.6 Å². The van der Waals surface area contributed by atoms with Crippen LogP contribution >= 0.6 is 0 Å². The number of benzene rings is 4. The molecule has 0 spiro atoms. The van der Waals surface area contributed by atoms with Crippen molar-refractivity contribution in [2.24, 2.45) is 0 Å². The first-order valence-electron chi connectivity index (χ1n) is 10.8. The van der Waals surface area contributed by atoms with Crippen LogP contribution < -0.4 is 19.7 Å². The van der Waals surface area contributed by atoms with Gasteiger partial charge in [-0.15, -0.1) is 0 Å². The van der Waals surface area contributed by atoms with Crippen LogP contribution in [0.4, 0.5) is 11.4 Å². The van der Waals surface area contributed by atoms with Gasteiger partial charge in [-0.05, 0) is 70.9 Å². The molecular formula is C28H24N2O3. The summed E-state index contributed by atoms with van der Waals surface area (Å²) in [6.45, 7) is 0. The Hall–Kier alpha value is -4.25. The third-order valence-electron chi connectivity index (χ3n) is 5.91. The number of anilines is 2. The van der Waals surface area contributed by atoms with E-state index in [1.165, 1.54) is 0 Å². The van der Waals surface area contributed by atoms with Crippen molar-refractivity contribution in [2.45, 2.75) is 6.04 Å². The molecule has 0 radical (unpaired) electrons. The highest BCUT2D eigenvalue weighted by Crippen LogP contribution is 2.39. The Kier molecular flexibility index (Phi) is 5.45. The minimum atomic E-state index is -0.252. The fourth-order valence-electron chi connectivity index (χ4n) is 4.24. The molecule has 1 atom stereocenters. The maximum atomic E-state index is 13.6. The Morgan fingerprint density at radius 2 is 1.39 bits per heavy atom. The fraction of sp³-hybridized carbons (Fsp3) is 0.107. The molecule has 0 saturated carbocycles. The molecule has 1 aliphatic rings. The molecule has 1 amide bonds. The molecule has 5 heteroatoms. The average Bonchev–Trinajstić information content (AvgIpc) is 3.19. The molecule has 0 aromatic heterocycles. The Bertz CT molecular complexity index is 1320. The summed E-state index contributed by atoms with van der Waals surface area (Å²) < 4.78 is 10.5. The lowest BCUT2D eigenvalue weighted by atomic mass is 9.98. The second-order valence-corrected chi connectivity index (χ2v) is 7.82. The number of ether oxygens (including phenoxy) is 2. The van der Waals surface area contributed by atoms with Gasteiger partial charge in [-0.25, -0.2) is 0 Å². The summed E-state index contributed by atoms with van der Waals surface area (Å²) in [7, 11) is 3.26. The normalized spacial score (nSPS) is 15.5. The minimum absolute atomic E-state index is 0.0890. The second kappa shape index (κ2) is 8.71. The SMILES string of the molecule is COc1ccc(NC2=C[C@@H](c3cccc4ccccc34)N(c3ccc(OC)cc3)C2=O)cc1. The van der Waals surface area contributed by atoms with Crippen molar-refractivity contribution >= 4 is 28.1 Å². The minimum Gasteiger partial charge on any atom is -0.497 e. The molecule has 1 aliphatic heterocycles. The van der Waals surface area contributed by atoms with Crippen LogP contribution in [0.2, 0.25) is 0 Å². The van der Waals surface area contributed by atoms with Crippen LogP contribution in [-0.2, 0) is 4.79 Å². The van der Waals surface area contributed by atoms with E-state index in [0.717, 1.165) is 39.2 Å². The molecule has 0 unspecified atom stereocenters. The van der Waals surface area contributed by atoms with Gasteiger partial charge in [-0.3, -0.25) is 9.69 Å². The monoisotopic (exact) mass is 436 g/mol. The smallest absolute Gasteiger partial charge is 0.275 e. The Morgan fingerprint density at radius 1 is 0.758 bits per heavy atom. The van der Waals surface area contributed by atoms with Gasteiger partial charge in [0.05, 0.1) is 20.3 Å². The van der Waals surface area contributed by atoms with Gasteiger partial charge in [0.25, 0.3) is 5.91 Å². The lowest BCUT2D eigenvalue weighted by Crippen LogP contribution is -2.30. The second-order valence-electron chi connectivity index (χ2n) is 7.82. The molecule has 5 rings (SSSR count). The largest absolute Gasteiger partial charge is 0.497 e. The molecule has 33 heavy (non-hydrogen) atoms. The standard InChI is InChI=1S/C28H24N2O3/c1-32-22-14-10-20(11-15-22)29-26-18-27(25-9-5-7-19-6-3-4-8-24(19)25)30(28(26)31)21-12-16-23(33-2)17-13-21/h3-18,27,29H,1-2H3/t27-/m0/s1. The van der Waals surface area contributed by atoms with Gasteiger partial charge >= 0.3 is 0 Å². The summed E-state index contributed by atoms with van der Waals surface area (Å²) in [6, 6.07) is 29.3. The lowest BCUT2D eigenvalue weighted by Gasteiger charge is -2.26. The van der Waals surface area contributed by atoms with Gasteiger partial charge in [0.2, 0.25) is 0 Å². The van der Waals surface area contributed by atoms with Crippen LogP contribution in [0.15, 0.2) is 103 Å². The third kappa shape index (κ3) is 3.89. The molecule has 0 aliphatic carbocycles. The maximum Gasteiger partial charge on any atom is 0.275 e. The number of fused-ring (bicyclic) bond motifs is 1. The first-order valence-corrected chi connectivity index (χ1v) is 10.8. The zero-order valence-corrected chi connectivity index (χ0v) is 18.5. The van der Waals surface area contributed by atoms with Crippen molar-refractivity contribution in [1.29, 1.82) is 0 Å². The van der Waals surface area contributed by atoms with Crippen molar-refractivity contribution in [2.75, 3.05) is 24.4 Å². The molecular weight excluding hydrogens is 412 g/mol. The molecule has 0 fully saturated rings. The number of rotatable bonds is 6. The van der Waals surface area contributed by atoms with Crippen molar-refractivity contribution in [3.8, 4) is 11.5 Å². The van der Waals surface area contributed by atoms with Crippen LogP contribution in [0.5, 0.6) is 11.5 Å². The first kappa shape index (κ1) is 20.6. The maximum absolute atomic E-state index is 13.6.